The molecule has 3 heterocycles. The molecule has 0 radical (unpaired) electrons. The number of H-pyrrole nitrogens is 1. The zero-order valence-electron chi connectivity index (χ0n) is 21.1. The molecule has 0 aliphatic carbocycles. The Kier molecular flexibility index (Phi) is 7.61. The van der Waals surface area contributed by atoms with Gasteiger partial charge in [-0.3, -0.25) is 14.4 Å². The van der Waals surface area contributed by atoms with Crippen LogP contribution in [0.5, 0.6) is 0 Å². The second-order valence-corrected chi connectivity index (χ2v) is 11.1. The Hall–Kier alpha value is -3.37. The number of aromatic amines is 1. The molecule has 3 aromatic rings. The number of nitrogens with zero attached hydrogens (tertiary/aromatic N) is 2. The van der Waals surface area contributed by atoms with Crippen LogP contribution in [0.3, 0.4) is 0 Å². The Morgan fingerprint density at radius 1 is 1.19 bits per heavy atom. The summed E-state index contributed by atoms with van der Waals surface area (Å²) >= 11 is 7.57. The molecule has 0 spiro atoms. The summed E-state index contributed by atoms with van der Waals surface area (Å²) in [6.45, 7) is 7.86. The summed E-state index contributed by atoms with van der Waals surface area (Å²) in [4.78, 5) is 58.7. The second kappa shape index (κ2) is 10.5. The van der Waals surface area contributed by atoms with Gasteiger partial charge in [-0.15, -0.1) is 0 Å². The van der Waals surface area contributed by atoms with Crippen LogP contribution in [0.1, 0.15) is 73.0 Å². The van der Waals surface area contributed by atoms with E-state index in [-0.39, 0.29) is 16.6 Å². The lowest BCUT2D eigenvalue weighted by molar-refractivity contribution is 0.0226. The number of rotatable bonds is 4. The predicted octanol–water partition coefficient (Wildman–Crippen LogP) is 5.12. The fourth-order valence-corrected chi connectivity index (χ4v) is 5.13. The van der Waals surface area contributed by atoms with Crippen molar-refractivity contribution in [3.63, 3.8) is 0 Å². The number of likely N-dealkylation sites (tertiary alicyclic amines) is 1. The van der Waals surface area contributed by atoms with E-state index in [1.54, 1.807) is 38.7 Å². The molecule has 1 saturated heterocycles. The van der Waals surface area contributed by atoms with Gasteiger partial charge in [0.05, 0.1) is 11.6 Å². The minimum atomic E-state index is -0.862. The molecular formula is C26H29ClN4O5S. The topological polar surface area (TPSA) is 112 Å². The average Bonchev–Trinajstić information content (AvgIpc) is 3.54. The van der Waals surface area contributed by atoms with Crippen LogP contribution < -0.4 is 10.9 Å². The molecule has 1 aliphatic heterocycles. The lowest BCUT2D eigenvalue weighted by atomic mass is 10.0. The van der Waals surface area contributed by atoms with Gasteiger partial charge >= 0.3 is 6.09 Å². The maximum absolute atomic E-state index is 14.1. The van der Waals surface area contributed by atoms with Gasteiger partial charge < -0.3 is 14.6 Å². The van der Waals surface area contributed by atoms with Crippen molar-refractivity contribution in [2.24, 2.45) is 0 Å². The van der Waals surface area contributed by atoms with E-state index in [1.807, 2.05) is 16.8 Å². The van der Waals surface area contributed by atoms with E-state index in [4.69, 9.17) is 16.3 Å². The van der Waals surface area contributed by atoms with Crippen LogP contribution in [-0.4, -0.2) is 51.5 Å². The highest BCUT2D eigenvalue weighted by Gasteiger charge is 2.34. The zero-order chi connectivity index (χ0) is 26.9. The number of nitrogens with one attached hydrogen (secondary N) is 2. The van der Waals surface area contributed by atoms with Crippen LogP contribution >= 0.6 is 22.9 Å². The second-order valence-electron chi connectivity index (χ2n) is 9.91. The van der Waals surface area contributed by atoms with E-state index in [2.05, 4.69) is 10.4 Å². The van der Waals surface area contributed by atoms with Gasteiger partial charge in [0.15, 0.2) is 0 Å². The summed E-state index contributed by atoms with van der Waals surface area (Å²) in [5.41, 5.74) is 1.65. The van der Waals surface area contributed by atoms with Gasteiger partial charge in [0.1, 0.15) is 16.9 Å². The highest BCUT2D eigenvalue weighted by molar-refractivity contribution is 7.08. The zero-order valence-corrected chi connectivity index (χ0v) is 22.7. The third kappa shape index (κ3) is 5.80. The fourth-order valence-electron chi connectivity index (χ4n) is 4.21. The van der Waals surface area contributed by atoms with Crippen LogP contribution in [0.25, 0.3) is 10.9 Å². The summed E-state index contributed by atoms with van der Waals surface area (Å²) in [6, 6.07) is 5.74. The number of hydrogen-bond acceptors (Lipinski definition) is 6. The van der Waals surface area contributed by atoms with Crippen molar-refractivity contribution < 1.29 is 19.1 Å². The number of halogens is 1. The fraction of sp³-hybridized carbons (Fsp3) is 0.385. The molecule has 11 heteroatoms. The summed E-state index contributed by atoms with van der Waals surface area (Å²) in [5, 5.41) is 5.30. The quantitative estimate of drug-likeness (QED) is 0.443. The number of amides is 3. The number of carbonyl (C=O) groups excluding carboxylic acids is 3. The van der Waals surface area contributed by atoms with Gasteiger partial charge in [0.25, 0.3) is 11.8 Å². The van der Waals surface area contributed by atoms with Gasteiger partial charge in [-0.25, -0.2) is 15.2 Å². The molecule has 4 rings (SSSR count). The van der Waals surface area contributed by atoms with E-state index in [0.29, 0.717) is 23.6 Å². The highest BCUT2D eigenvalue weighted by Crippen LogP contribution is 2.25. The number of ether oxygens (including phenoxy) is 1. The lowest BCUT2D eigenvalue weighted by Gasteiger charge is -2.31. The molecule has 0 saturated carbocycles. The number of thiophene rings is 1. The maximum Gasteiger partial charge on any atom is 0.426 e. The lowest BCUT2D eigenvalue weighted by Crippen LogP contribution is -2.50. The van der Waals surface area contributed by atoms with Gasteiger partial charge in [-0.2, -0.15) is 11.3 Å². The molecule has 2 aromatic heterocycles. The van der Waals surface area contributed by atoms with Crippen LogP contribution in [0.15, 0.2) is 39.8 Å². The smallest absolute Gasteiger partial charge is 0.426 e. The molecule has 1 aromatic carbocycles. The standard InChI is InChI=1S/C26H29ClN4O5S/c1-15(16-9-12-37-14-16)31(29-25(35)36-26(2,3)4)23(33)20-21(24(34)30-10-5-6-11-30)28-19-13-17(27)7-8-18(19)22(20)32/h7-9,12-15H,5-6,10-11H2,1-4H3,(H,28,32)(H,29,35). The van der Waals surface area contributed by atoms with Crippen molar-refractivity contribution in [2.45, 2.75) is 52.2 Å². The highest BCUT2D eigenvalue weighted by atomic mass is 35.5. The average molecular weight is 545 g/mol. The van der Waals surface area contributed by atoms with Crippen molar-refractivity contribution in [1.29, 1.82) is 0 Å². The number of aromatic nitrogens is 1. The van der Waals surface area contributed by atoms with Crippen LogP contribution in [0.2, 0.25) is 5.02 Å². The molecular weight excluding hydrogens is 516 g/mol. The summed E-state index contributed by atoms with van der Waals surface area (Å²) in [5.74, 6) is -1.29. The number of carbonyl (C=O) groups is 3. The van der Waals surface area contributed by atoms with Crippen molar-refractivity contribution in [1.82, 2.24) is 20.3 Å². The first-order chi connectivity index (χ1) is 17.5. The van der Waals surface area contributed by atoms with E-state index in [0.717, 1.165) is 23.4 Å². The molecule has 196 valence electrons. The molecule has 9 nitrogen and oxygen atoms in total. The van der Waals surface area contributed by atoms with Crippen molar-refractivity contribution in [2.75, 3.05) is 13.1 Å². The van der Waals surface area contributed by atoms with Gasteiger partial charge in [0, 0.05) is 23.5 Å². The Balaban J connectivity index is 1.86. The first-order valence-corrected chi connectivity index (χ1v) is 13.3. The van der Waals surface area contributed by atoms with Crippen LogP contribution in [0.4, 0.5) is 4.79 Å². The molecule has 0 bridgehead atoms. The summed E-state index contributed by atoms with van der Waals surface area (Å²) in [6.07, 6.45) is 0.805. The molecule has 37 heavy (non-hydrogen) atoms. The van der Waals surface area contributed by atoms with E-state index in [1.165, 1.54) is 23.5 Å². The largest absolute Gasteiger partial charge is 0.443 e. The van der Waals surface area contributed by atoms with Crippen molar-refractivity contribution in [3.8, 4) is 0 Å². The van der Waals surface area contributed by atoms with E-state index in [9.17, 15) is 19.2 Å². The van der Waals surface area contributed by atoms with E-state index >= 15 is 0 Å². The summed E-state index contributed by atoms with van der Waals surface area (Å²) in [7, 11) is 0. The molecule has 1 fully saturated rings. The Bertz CT molecular complexity index is 1390. The molecule has 1 unspecified atom stereocenters. The van der Waals surface area contributed by atoms with Crippen molar-refractivity contribution in [3.05, 3.63) is 67.1 Å². The van der Waals surface area contributed by atoms with Gasteiger partial charge in [-0.05, 0) is 81.1 Å². The third-order valence-corrected chi connectivity index (χ3v) is 6.96. The number of hydrogen-bond donors (Lipinski definition) is 2. The number of hydrazine groups is 1. The third-order valence-electron chi connectivity index (χ3n) is 6.03. The van der Waals surface area contributed by atoms with Crippen molar-refractivity contribution >= 4 is 51.7 Å². The number of pyridine rings is 1. The number of benzene rings is 1. The Morgan fingerprint density at radius 3 is 2.51 bits per heavy atom. The van der Waals surface area contributed by atoms with Gasteiger partial charge in [0.2, 0.25) is 5.43 Å². The monoisotopic (exact) mass is 544 g/mol. The van der Waals surface area contributed by atoms with Crippen LogP contribution in [-0.2, 0) is 4.74 Å². The molecule has 1 aliphatic rings. The Labute approximate surface area is 223 Å². The number of fused-ring (bicyclic) bond motifs is 1. The van der Waals surface area contributed by atoms with Gasteiger partial charge in [-0.1, -0.05) is 11.6 Å². The first kappa shape index (κ1) is 26.7. The predicted molar refractivity (Wildman–Crippen MR) is 143 cm³/mol. The summed E-state index contributed by atoms with van der Waals surface area (Å²) < 4.78 is 5.38. The minimum absolute atomic E-state index is 0.139. The minimum Gasteiger partial charge on any atom is -0.443 e. The first-order valence-electron chi connectivity index (χ1n) is 12.0. The van der Waals surface area contributed by atoms with Crippen LogP contribution in [0, 0.1) is 0 Å². The normalized spacial score (nSPS) is 14.5. The van der Waals surface area contributed by atoms with E-state index < -0.39 is 35.0 Å². The SMILES string of the molecule is CC(c1ccsc1)N(NC(=O)OC(C)(C)C)C(=O)c1c(C(=O)N2CCCC2)[nH]c2cc(Cl)ccc2c1=O. The molecule has 2 N–H and O–H groups in total. The molecule has 3 amide bonds. The Morgan fingerprint density at radius 2 is 1.89 bits per heavy atom. The molecule has 1 atom stereocenters. The maximum atomic E-state index is 14.1.